The van der Waals surface area contributed by atoms with Crippen molar-refractivity contribution >= 4 is 34.6 Å². The molecule has 3 aliphatic heterocycles. The summed E-state index contributed by atoms with van der Waals surface area (Å²) < 4.78 is 4.99. The van der Waals surface area contributed by atoms with Crippen molar-refractivity contribution in [3.05, 3.63) is 57.2 Å². The maximum Gasteiger partial charge on any atom is 0.363 e. The third-order valence-electron chi connectivity index (χ3n) is 8.40. The molecular weight excluding hydrogens is 486 g/mol. The van der Waals surface area contributed by atoms with Crippen molar-refractivity contribution in [3.8, 4) is 0 Å². The van der Waals surface area contributed by atoms with Gasteiger partial charge < -0.3 is 14.5 Å². The average Bonchev–Trinajstić information content (AvgIpc) is 3.51. The van der Waals surface area contributed by atoms with Crippen LogP contribution in [0.2, 0.25) is 0 Å². The Morgan fingerprint density at radius 3 is 2.59 bits per heavy atom. The number of esters is 1. The van der Waals surface area contributed by atoms with Crippen LogP contribution in [0.15, 0.2) is 62.2 Å². The Morgan fingerprint density at radius 2 is 1.84 bits per heavy atom. The molecule has 0 aromatic carbocycles. The summed E-state index contributed by atoms with van der Waals surface area (Å²) in [5.41, 5.74) is 5.35. The van der Waals surface area contributed by atoms with Crippen LogP contribution in [0.25, 0.3) is 0 Å². The minimum absolute atomic E-state index is 0.00933. The number of amides is 2. The molecule has 37 heavy (non-hydrogen) atoms. The van der Waals surface area contributed by atoms with Gasteiger partial charge >= 0.3 is 5.97 Å². The highest BCUT2D eigenvalue weighted by Gasteiger charge is 2.44. The summed E-state index contributed by atoms with van der Waals surface area (Å²) in [7, 11) is 1.36. The second-order valence-electron chi connectivity index (χ2n) is 10.6. The first-order chi connectivity index (χ1) is 18.1. The number of ether oxygens (including phenoxy) is 1. The number of aliphatic imine (C=N–C) groups is 1. The Balaban J connectivity index is 1.45. The molecule has 3 heterocycles. The molecule has 0 N–H and O–H groups in total. The molecule has 7 nitrogen and oxygen atoms in total. The Morgan fingerprint density at radius 1 is 1.08 bits per heavy atom. The van der Waals surface area contributed by atoms with Crippen molar-refractivity contribution in [2.75, 3.05) is 33.3 Å². The lowest BCUT2D eigenvalue weighted by molar-refractivity contribution is -0.137. The first-order valence-electron chi connectivity index (χ1n) is 13.5. The normalized spacial score (nSPS) is 25.8. The molecule has 1 saturated heterocycles. The van der Waals surface area contributed by atoms with E-state index < -0.39 is 5.97 Å². The van der Waals surface area contributed by atoms with E-state index in [9.17, 15) is 14.4 Å². The lowest BCUT2D eigenvalue weighted by Crippen LogP contribution is -2.43. The third kappa shape index (κ3) is 4.33. The van der Waals surface area contributed by atoms with E-state index in [1.165, 1.54) is 49.3 Å². The largest absolute Gasteiger partial charge is 0.464 e. The zero-order valence-electron chi connectivity index (χ0n) is 21.3. The quantitative estimate of drug-likeness (QED) is 0.518. The smallest absolute Gasteiger partial charge is 0.363 e. The third-order valence-corrected chi connectivity index (χ3v) is 9.54. The van der Waals surface area contributed by atoms with Gasteiger partial charge in [-0.1, -0.05) is 49.3 Å². The van der Waals surface area contributed by atoms with Gasteiger partial charge in [-0.15, -0.1) is 0 Å². The van der Waals surface area contributed by atoms with Crippen molar-refractivity contribution in [2.45, 2.75) is 51.4 Å². The lowest BCUT2D eigenvalue weighted by Gasteiger charge is -2.29. The summed E-state index contributed by atoms with van der Waals surface area (Å²) in [5.74, 6) is -0.182. The van der Waals surface area contributed by atoms with Crippen molar-refractivity contribution in [2.24, 2.45) is 16.8 Å². The number of allylic oxidation sites excluding steroid dienone is 7. The van der Waals surface area contributed by atoms with Gasteiger partial charge in [0.05, 0.1) is 19.2 Å². The number of carbonyl (C=O) groups excluding carboxylic acids is 3. The van der Waals surface area contributed by atoms with Crippen LogP contribution in [0.5, 0.6) is 0 Å². The van der Waals surface area contributed by atoms with Crippen LogP contribution in [0, 0.1) is 11.8 Å². The minimum Gasteiger partial charge on any atom is -0.464 e. The number of methoxy groups -OCH3 is 1. The van der Waals surface area contributed by atoms with E-state index >= 15 is 0 Å². The van der Waals surface area contributed by atoms with Crippen LogP contribution in [-0.4, -0.2) is 65.9 Å². The zero-order chi connectivity index (χ0) is 25.5. The van der Waals surface area contributed by atoms with Crippen LogP contribution in [0.1, 0.15) is 51.4 Å². The summed E-state index contributed by atoms with van der Waals surface area (Å²) in [5, 5.41) is 0.281. The number of fused-ring (bicyclic) bond motifs is 4. The Hall–Kier alpha value is -2.87. The molecule has 2 amide bonds. The summed E-state index contributed by atoms with van der Waals surface area (Å²) in [6, 6.07) is 0. The van der Waals surface area contributed by atoms with Gasteiger partial charge in [-0.05, 0) is 60.3 Å². The van der Waals surface area contributed by atoms with Gasteiger partial charge in [-0.3, -0.25) is 14.6 Å². The van der Waals surface area contributed by atoms with E-state index in [-0.39, 0.29) is 35.9 Å². The zero-order valence-corrected chi connectivity index (χ0v) is 22.1. The monoisotopic (exact) mass is 519 g/mol. The molecule has 1 saturated carbocycles. The molecule has 0 radical (unpaired) electrons. The molecule has 194 valence electrons. The SMILES string of the molecule is COC(=O)C1=NCC2=C(S1)C1=C(C3CCCCC3)C3=CC=CC3C1=CN(CC(=O)N1CCCCC1)C2=O. The molecule has 0 bridgehead atoms. The molecule has 0 aromatic heterocycles. The van der Waals surface area contributed by atoms with Crippen LogP contribution < -0.4 is 0 Å². The van der Waals surface area contributed by atoms with Gasteiger partial charge in [-0.2, -0.15) is 0 Å². The van der Waals surface area contributed by atoms with Gasteiger partial charge in [0.2, 0.25) is 5.91 Å². The van der Waals surface area contributed by atoms with Crippen LogP contribution in [-0.2, 0) is 19.1 Å². The molecule has 6 aliphatic rings. The highest BCUT2D eigenvalue weighted by atomic mass is 32.2. The van der Waals surface area contributed by atoms with Crippen molar-refractivity contribution in [1.82, 2.24) is 9.80 Å². The lowest BCUT2D eigenvalue weighted by atomic mass is 9.80. The number of hydrogen-bond donors (Lipinski definition) is 0. The number of thioether (sulfide) groups is 1. The standard InChI is InChI=1S/C29H33N3O4S/c1-36-29(35)27-30-15-21-26(37-27)25-22(16-32(28(21)34)17-23(33)31-13-6-3-7-14-31)19-11-8-12-20(19)24(25)18-9-4-2-5-10-18/h8,11-12,16,18-19H,2-7,9-10,13-15,17H2,1H3. The van der Waals surface area contributed by atoms with E-state index in [4.69, 9.17) is 4.74 Å². The summed E-state index contributed by atoms with van der Waals surface area (Å²) in [4.78, 5) is 48.4. The maximum absolute atomic E-state index is 13.9. The minimum atomic E-state index is -0.479. The number of rotatable bonds is 4. The molecule has 3 aliphatic carbocycles. The van der Waals surface area contributed by atoms with Gasteiger partial charge in [0.25, 0.3) is 5.91 Å². The Labute approximate surface area is 222 Å². The van der Waals surface area contributed by atoms with Gasteiger partial charge in [-0.25, -0.2) is 4.79 Å². The predicted molar refractivity (Wildman–Crippen MR) is 143 cm³/mol. The summed E-state index contributed by atoms with van der Waals surface area (Å²) in [6.45, 7) is 1.65. The Bertz CT molecular complexity index is 1230. The highest BCUT2D eigenvalue weighted by molar-refractivity contribution is 8.19. The van der Waals surface area contributed by atoms with E-state index in [0.717, 1.165) is 61.2 Å². The number of hydrogen-bond acceptors (Lipinski definition) is 6. The van der Waals surface area contributed by atoms with E-state index in [2.05, 4.69) is 23.2 Å². The number of likely N-dealkylation sites (tertiary alicyclic amines) is 1. The highest BCUT2D eigenvalue weighted by Crippen LogP contribution is 2.56. The first kappa shape index (κ1) is 24.5. The Kier molecular flexibility index (Phi) is 6.69. The van der Waals surface area contributed by atoms with Gasteiger partial charge in [0.1, 0.15) is 6.54 Å². The van der Waals surface area contributed by atoms with Crippen molar-refractivity contribution < 1.29 is 19.1 Å². The average molecular weight is 520 g/mol. The second kappa shape index (κ2) is 10.1. The van der Waals surface area contributed by atoms with Crippen LogP contribution in [0.3, 0.4) is 0 Å². The fourth-order valence-electron chi connectivity index (χ4n) is 6.57. The fourth-order valence-corrected chi connectivity index (χ4v) is 7.66. The fraction of sp³-hybridized carbons (Fsp3) is 0.517. The molecule has 6 rings (SSSR count). The summed E-state index contributed by atoms with van der Waals surface area (Å²) in [6.07, 6.45) is 17.5. The molecule has 2 fully saturated rings. The van der Waals surface area contributed by atoms with Crippen molar-refractivity contribution in [3.63, 3.8) is 0 Å². The van der Waals surface area contributed by atoms with Crippen molar-refractivity contribution in [1.29, 1.82) is 0 Å². The maximum atomic E-state index is 13.9. The van der Waals surface area contributed by atoms with Crippen LogP contribution in [0.4, 0.5) is 0 Å². The first-order valence-corrected chi connectivity index (χ1v) is 14.4. The second-order valence-corrected chi connectivity index (χ2v) is 11.6. The van der Waals surface area contributed by atoms with Gasteiger partial charge in [0.15, 0.2) is 5.04 Å². The van der Waals surface area contributed by atoms with Crippen LogP contribution >= 0.6 is 11.8 Å². The van der Waals surface area contributed by atoms with E-state index in [0.29, 0.717) is 11.5 Å². The molecule has 0 aromatic rings. The molecule has 1 atom stereocenters. The molecule has 8 heteroatoms. The number of carbonyl (C=O) groups is 3. The number of piperidine rings is 1. The molecule has 1 unspecified atom stereocenters. The predicted octanol–water partition coefficient (Wildman–Crippen LogP) is 4.30. The number of nitrogens with zero attached hydrogens (tertiary/aromatic N) is 3. The van der Waals surface area contributed by atoms with E-state index in [1.807, 2.05) is 11.1 Å². The van der Waals surface area contributed by atoms with E-state index in [1.54, 1.807) is 4.90 Å². The van der Waals surface area contributed by atoms with Gasteiger partial charge in [0, 0.05) is 30.1 Å². The topological polar surface area (TPSA) is 79.3 Å². The molecular formula is C29H33N3O4S. The summed E-state index contributed by atoms with van der Waals surface area (Å²) >= 11 is 1.26. The molecule has 0 spiro atoms.